The summed E-state index contributed by atoms with van der Waals surface area (Å²) in [6, 6.07) is 0.650. The summed E-state index contributed by atoms with van der Waals surface area (Å²) in [7, 11) is 0. The van der Waals surface area contributed by atoms with E-state index >= 15 is 0 Å². The molecule has 8 nitrogen and oxygen atoms in total. The number of carboxylic acids is 1. The van der Waals surface area contributed by atoms with E-state index in [0.717, 1.165) is 13.0 Å². The number of nitriles is 1. The van der Waals surface area contributed by atoms with Gasteiger partial charge in [-0.2, -0.15) is 5.26 Å². The van der Waals surface area contributed by atoms with Crippen molar-refractivity contribution in [1.29, 1.82) is 5.26 Å². The third kappa shape index (κ3) is 5.44. The van der Waals surface area contributed by atoms with E-state index in [0.29, 0.717) is 25.9 Å². The number of hydrogen-bond acceptors (Lipinski definition) is 5. The van der Waals surface area contributed by atoms with E-state index in [9.17, 15) is 14.4 Å². The second-order valence-corrected chi connectivity index (χ2v) is 5.00. The summed E-state index contributed by atoms with van der Waals surface area (Å²) < 4.78 is 0. The van der Waals surface area contributed by atoms with Gasteiger partial charge in [0.1, 0.15) is 17.7 Å². The zero-order valence-corrected chi connectivity index (χ0v) is 12.5. The number of aliphatic carboxylic acids is 1. The number of carboxylic acid groups (broad SMARTS) is 1. The van der Waals surface area contributed by atoms with Crippen LogP contribution in [0.4, 0.5) is 0 Å². The Kier molecular flexibility index (Phi) is 6.89. The molecule has 1 fully saturated rings. The molecule has 120 valence electrons. The van der Waals surface area contributed by atoms with Crippen molar-refractivity contribution in [1.82, 2.24) is 15.5 Å². The Labute approximate surface area is 128 Å². The SMILES string of the molecule is CC(NC(=O)/C(C#N)=C\NCCCN1CCCC1=O)C(=O)O. The van der Waals surface area contributed by atoms with Crippen molar-refractivity contribution < 1.29 is 19.5 Å². The fourth-order valence-corrected chi connectivity index (χ4v) is 1.97. The lowest BCUT2D eigenvalue weighted by atomic mass is 10.2. The molecular formula is C14H20N4O4. The van der Waals surface area contributed by atoms with Crippen molar-refractivity contribution in [2.75, 3.05) is 19.6 Å². The van der Waals surface area contributed by atoms with Crippen LogP contribution in [0.25, 0.3) is 0 Å². The van der Waals surface area contributed by atoms with Gasteiger partial charge in [-0.05, 0) is 19.8 Å². The number of carbonyl (C=O) groups excluding carboxylic acids is 2. The molecule has 1 unspecified atom stereocenters. The minimum absolute atomic E-state index is 0.162. The summed E-state index contributed by atoms with van der Waals surface area (Å²) in [5.74, 6) is -1.75. The van der Waals surface area contributed by atoms with Crippen LogP contribution in [0.3, 0.4) is 0 Å². The zero-order chi connectivity index (χ0) is 16.5. The first kappa shape index (κ1) is 17.5. The van der Waals surface area contributed by atoms with Crippen molar-refractivity contribution in [2.45, 2.75) is 32.2 Å². The molecule has 1 atom stereocenters. The third-order valence-corrected chi connectivity index (χ3v) is 3.25. The average molecular weight is 308 g/mol. The molecule has 1 aliphatic heterocycles. The molecule has 1 heterocycles. The van der Waals surface area contributed by atoms with Crippen LogP contribution in [0.2, 0.25) is 0 Å². The number of rotatable bonds is 8. The van der Waals surface area contributed by atoms with E-state index in [1.54, 1.807) is 11.0 Å². The second kappa shape index (κ2) is 8.67. The van der Waals surface area contributed by atoms with Crippen LogP contribution in [0, 0.1) is 11.3 Å². The molecule has 0 aromatic rings. The van der Waals surface area contributed by atoms with Crippen molar-refractivity contribution in [2.24, 2.45) is 0 Å². The van der Waals surface area contributed by atoms with E-state index < -0.39 is 17.9 Å². The van der Waals surface area contributed by atoms with E-state index in [1.165, 1.54) is 13.1 Å². The van der Waals surface area contributed by atoms with Crippen molar-refractivity contribution in [3.05, 3.63) is 11.8 Å². The van der Waals surface area contributed by atoms with Crippen LogP contribution in [0.1, 0.15) is 26.2 Å². The Balaban J connectivity index is 2.32. The fraction of sp³-hybridized carbons (Fsp3) is 0.571. The van der Waals surface area contributed by atoms with Crippen LogP contribution in [-0.2, 0) is 14.4 Å². The van der Waals surface area contributed by atoms with Gasteiger partial charge in [0.15, 0.2) is 0 Å². The topological polar surface area (TPSA) is 123 Å². The number of nitrogens with one attached hydrogen (secondary N) is 2. The van der Waals surface area contributed by atoms with Gasteiger partial charge in [-0.3, -0.25) is 14.4 Å². The van der Waals surface area contributed by atoms with Gasteiger partial charge < -0.3 is 20.6 Å². The van der Waals surface area contributed by atoms with E-state index in [4.69, 9.17) is 10.4 Å². The Bertz CT molecular complexity index is 509. The zero-order valence-electron chi connectivity index (χ0n) is 12.5. The van der Waals surface area contributed by atoms with Crippen LogP contribution in [0.5, 0.6) is 0 Å². The highest BCUT2D eigenvalue weighted by Crippen LogP contribution is 2.09. The normalized spacial score (nSPS) is 16.1. The van der Waals surface area contributed by atoms with Crippen LogP contribution < -0.4 is 10.6 Å². The average Bonchev–Trinajstić information content (AvgIpc) is 2.87. The number of hydrogen-bond donors (Lipinski definition) is 3. The predicted octanol–water partition coefficient (Wildman–Crippen LogP) is -0.415. The molecular weight excluding hydrogens is 288 g/mol. The molecule has 0 aliphatic carbocycles. The monoisotopic (exact) mass is 308 g/mol. The lowest BCUT2D eigenvalue weighted by Crippen LogP contribution is -2.39. The van der Waals surface area contributed by atoms with E-state index in [-0.39, 0.29) is 11.5 Å². The van der Waals surface area contributed by atoms with Crippen LogP contribution >= 0.6 is 0 Å². The summed E-state index contributed by atoms with van der Waals surface area (Å²) in [6.07, 6.45) is 3.46. The molecule has 3 N–H and O–H groups in total. The molecule has 1 saturated heterocycles. The Morgan fingerprint density at radius 1 is 1.55 bits per heavy atom. The first-order chi connectivity index (χ1) is 10.5. The standard InChI is InChI=1S/C14H20N4O4/c1-10(14(21)22)17-13(20)11(8-15)9-16-5-3-7-18-6-2-4-12(18)19/h9-10,16H,2-7H2,1H3,(H,17,20)(H,21,22)/b11-9-. The molecule has 0 saturated carbocycles. The molecule has 0 spiro atoms. The largest absolute Gasteiger partial charge is 0.480 e. The molecule has 22 heavy (non-hydrogen) atoms. The summed E-state index contributed by atoms with van der Waals surface area (Å²) in [5, 5.41) is 22.6. The van der Waals surface area contributed by atoms with Crippen molar-refractivity contribution in [3.63, 3.8) is 0 Å². The molecule has 1 rings (SSSR count). The fourth-order valence-electron chi connectivity index (χ4n) is 1.97. The highest BCUT2D eigenvalue weighted by molar-refractivity contribution is 5.99. The molecule has 1 aliphatic rings. The molecule has 2 amide bonds. The quantitative estimate of drug-likeness (QED) is 0.318. The van der Waals surface area contributed by atoms with Gasteiger partial charge in [0, 0.05) is 32.3 Å². The van der Waals surface area contributed by atoms with Crippen molar-refractivity contribution in [3.8, 4) is 6.07 Å². The minimum atomic E-state index is -1.17. The van der Waals surface area contributed by atoms with E-state index in [1.807, 2.05) is 0 Å². The lowest BCUT2D eigenvalue weighted by Gasteiger charge is -2.14. The highest BCUT2D eigenvalue weighted by Gasteiger charge is 2.19. The maximum absolute atomic E-state index is 11.6. The van der Waals surface area contributed by atoms with Gasteiger partial charge in [-0.1, -0.05) is 0 Å². The van der Waals surface area contributed by atoms with Crippen LogP contribution in [0.15, 0.2) is 11.8 Å². The molecule has 0 bridgehead atoms. The Morgan fingerprint density at radius 3 is 2.82 bits per heavy atom. The smallest absolute Gasteiger partial charge is 0.325 e. The maximum Gasteiger partial charge on any atom is 0.325 e. The van der Waals surface area contributed by atoms with Gasteiger partial charge in [-0.15, -0.1) is 0 Å². The third-order valence-electron chi connectivity index (χ3n) is 3.25. The second-order valence-electron chi connectivity index (χ2n) is 5.00. The summed E-state index contributed by atoms with van der Waals surface area (Å²) >= 11 is 0. The summed E-state index contributed by atoms with van der Waals surface area (Å²) in [4.78, 5) is 35.5. The summed E-state index contributed by atoms with van der Waals surface area (Å²) in [5.41, 5.74) is -0.189. The molecule has 0 aromatic heterocycles. The first-order valence-electron chi connectivity index (χ1n) is 7.10. The maximum atomic E-state index is 11.6. The Morgan fingerprint density at radius 2 is 2.27 bits per heavy atom. The number of likely N-dealkylation sites (tertiary alicyclic amines) is 1. The first-order valence-corrected chi connectivity index (χ1v) is 7.10. The van der Waals surface area contributed by atoms with Gasteiger partial charge in [-0.25, -0.2) is 0 Å². The van der Waals surface area contributed by atoms with Gasteiger partial charge in [0.25, 0.3) is 5.91 Å². The molecule has 0 aromatic carbocycles. The van der Waals surface area contributed by atoms with Crippen LogP contribution in [-0.4, -0.2) is 53.5 Å². The molecule has 0 radical (unpaired) electrons. The van der Waals surface area contributed by atoms with Crippen molar-refractivity contribution >= 4 is 17.8 Å². The number of nitrogens with zero attached hydrogens (tertiary/aromatic N) is 2. The highest BCUT2D eigenvalue weighted by atomic mass is 16.4. The van der Waals surface area contributed by atoms with Gasteiger partial charge in [0.2, 0.25) is 5.91 Å². The summed E-state index contributed by atoms with van der Waals surface area (Å²) in [6.45, 7) is 3.25. The van der Waals surface area contributed by atoms with Gasteiger partial charge >= 0.3 is 5.97 Å². The predicted molar refractivity (Wildman–Crippen MR) is 77.4 cm³/mol. The Hall–Kier alpha value is -2.56. The number of carbonyl (C=O) groups is 3. The van der Waals surface area contributed by atoms with Gasteiger partial charge in [0.05, 0.1) is 0 Å². The number of amides is 2. The minimum Gasteiger partial charge on any atom is -0.480 e. The van der Waals surface area contributed by atoms with E-state index in [2.05, 4.69) is 10.6 Å². The molecule has 8 heteroatoms. The lowest BCUT2D eigenvalue weighted by molar-refractivity contribution is -0.140.